The van der Waals surface area contributed by atoms with Crippen molar-refractivity contribution in [3.8, 4) is 5.75 Å². The first kappa shape index (κ1) is 19.9. The lowest BCUT2D eigenvalue weighted by Crippen LogP contribution is -2.45. The molecule has 6 heteroatoms. The average molecular weight is 382 g/mol. The van der Waals surface area contributed by atoms with Crippen molar-refractivity contribution in [1.29, 1.82) is 0 Å². The van der Waals surface area contributed by atoms with Gasteiger partial charge in [0.15, 0.2) is 0 Å². The molecule has 0 bridgehead atoms. The van der Waals surface area contributed by atoms with Crippen molar-refractivity contribution in [1.82, 2.24) is 10.2 Å². The van der Waals surface area contributed by atoms with E-state index in [0.717, 1.165) is 11.1 Å². The van der Waals surface area contributed by atoms with E-state index in [1.54, 1.807) is 0 Å². The standard InChI is InChI=1S/C22H26N2O4/c1-15(23-22(27)20-12-18(26)13-24(20)16(2)25)19-10-6-7-11-21(19)28-14-17-8-4-3-5-9-17/h3-11,15,18,20,26H,12-14H2,1-2H3,(H,23,27)/t15-,18-,20-/m1/s1. The van der Waals surface area contributed by atoms with Crippen molar-refractivity contribution in [3.63, 3.8) is 0 Å². The molecule has 6 nitrogen and oxygen atoms in total. The van der Waals surface area contributed by atoms with Gasteiger partial charge in [-0.2, -0.15) is 0 Å². The fourth-order valence-corrected chi connectivity index (χ4v) is 3.50. The summed E-state index contributed by atoms with van der Waals surface area (Å²) < 4.78 is 5.97. The minimum absolute atomic E-state index is 0.193. The SMILES string of the molecule is CC(=O)N1C[C@H](O)C[C@@H]1C(=O)N[C@H](C)c1ccccc1OCc1ccccc1. The number of carbonyl (C=O) groups excluding carboxylic acids is 2. The highest BCUT2D eigenvalue weighted by molar-refractivity contribution is 5.87. The highest BCUT2D eigenvalue weighted by Crippen LogP contribution is 2.27. The monoisotopic (exact) mass is 382 g/mol. The molecule has 148 valence electrons. The molecule has 0 aliphatic carbocycles. The molecule has 1 aliphatic rings. The van der Waals surface area contributed by atoms with Gasteiger partial charge in [-0.05, 0) is 18.6 Å². The lowest BCUT2D eigenvalue weighted by Gasteiger charge is -2.25. The van der Waals surface area contributed by atoms with E-state index in [1.807, 2.05) is 61.5 Å². The normalized spacial score (nSPS) is 19.9. The molecule has 1 fully saturated rings. The number of hydrogen-bond donors (Lipinski definition) is 2. The topological polar surface area (TPSA) is 78.9 Å². The molecular weight excluding hydrogens is 356 g/mol. The summed E-state index contributed by atoms with van der Waals surface area (Å²) in [5.41, 5.74) is 1.92. The summed E-state index contributed by atoms with van der Waals surface area (Å²) in [5, 5.41) is 12.8. The van der Waals surface area contributed by atoms with Crippen LogP contribution in [0.3, 0.4) is 0 Å². The molecule has 1 aliphatic heterocycles. The maximum atomic E-state index is 12.7. The van der Waals surface area contributed by atoms with Crippen molar-refractivity contribution in [3.05, 3.63) is 65.7 Å². The van der Waals surface area contributed by atoms with E-state index in [0.29, 0.717) is 12.4 Å². The number of carbonyl (C=O) groups is 2. The Morgan fingerprint density at radius 2 is 1.86 bits per heavy atom. The van der Waals surface area contributed by atoms with Gasteiger partial charge >= 0.3 is 0 Å². The molecule has 2 amide bonds. The van der Waals surface area contributed by atoms with Crippen LogP contribution in [0.25, 0.3) is 0 Å². The van der Waals surface area contributed by atoms with Crippen molar-refractivity contribution < 1.29 is 19.4 Å². The molecule has 2 N–H and O–H groups in total. The summed E-state index contributed by atoms with van der Waals surface area (Å²) in [5.74, 6) is 0.224. The summed E-state index contributed by atoms with van der Waals surface area (Å²) in [6.07, 6.45) is -0.416. The number of aliphatic hydroxyl groups excluding tert-OH is 1. The fraction of sp³-hybridized carbons (Fsp3) is 0.364. The lowest BCUT2D eigenvalue weighted by molar-refractivity contribution is -0.137. The third-order valence-electron chi connectivity index (χ3n) is 4.97. The van der Waals surface area contributed by atoms with Crippen LogP contribution in [-0.2, 0) is 16.2 Å². The third-order valence-corrected chi connectivity index (χ3v) is 4.97. The largest absolute Gasteiger partial charge is 0.489 e. The summed E-state index contributed by atoms with van der Waals surface area (Å²) >= 11 is 0. The van der Waals surface area contributed by atoms with Crippen LogP contribution in [0.2, 0.25) is 0 Å². The summed E-state index contributed by atoms with van der Waals surface area (Å²) in [6.45, 7) is 3.92. The number of likely N-dealkylation sites (tertiary alicyclic amines) is 1. The molecular formula is C22H26N2O4. The number of β-amino-alcohol motifs (C(OH)–C–C–N with tert-alkyl or cyclic N) is 1. The summed E-state index contributed by atoms with van der Waals surface area (Å²) in [7, 11) is 0. The Labute approximate surface area is 165 Å². The molecule has 2 aromatic carbocycles. The molecule has 0 saturated carbocycles. The van der Waals surface area contributed by atoms with Gasteiger partial charge in [-0.3, -0.25) is 9.59 Å². The van der Waals surface area contributed by atoms with Crippen molar-refractivity contribution in [2.45, 2.75) is 45.1 Å². The number of aliphatic hydroxyl groups is 1. The van der Waals surface area contributed by atoms with E-state index in [2.05, 4.69) is 5.32 Å². The van der Waals surface area contributed by atoms with Crippen LogP contribution >= 0.6 is 0 Å². The van der Waals surface area contributed by atoms with Gasteiger partial charge in [-0.25, -0.2) is 0 Å². The zero-order chi connectivity index (χ0) is 20.1. The van der Waals surface area contributed by atoms with Gasteiger partial charge in [0.2, 0.25) is 11.8 Å². The molecule has 1 saturated heterocycles. The van der Waals surface area contributed by atoms with E-state index < -0.39 is 12.1 Å². The van der Waals surface area contributed by atoms with Gasteiger partial charge in [0, 0.05) is 25.5 Å². The molecule has 2 aromatic rings. The van der Waals surface area contributed by atoms with E-state index in [9.17, 15) is 14.7 Å². The molecule has 0 radical (unpaired) electrons. The highest BCUT2D eigenvalue weighted by atomic mass is 16.5. The molecule has 3 rings (SSSR count). The van der Waals surface area contributed by atoms with Gasteiger partial charge < -0.3 is 20.1 Å². The Kier molecular flexibility index (Phi) is 6.31. The summed E-state index contributed by atoms with van der Waals surface area (Å²) in [6, 6.07) is 16.5. The van der Waals surface area contributed by atoms with Crippen LogP contribution < -0.4 is 10.1 Å². The Bertz CT molecular complexity index is 824. The third kappa shape index (κ3) is 4.70. The van der Waals surface area contributed by atoms with Crippen LogP contribution in [-0.4, -0.2) is 40.5 Å². The average Bonchev–Trinajstić information content (AvgIpc) is 3.09. The predicted molar refractivity (Wildman–Crippen MR) is 106 cm³/mol. The van der Waals surface area contributed by atoms with Crippen LogP contribution in [0.4, 0.5) is 0 Å². The van der Waals surface area contributed by atoms with Gasteiger partial charge in [-0.15, -0.1) is 0 Å². The highest BCUT2D eigenvalue weighted by Gasteiger charge is 2.37. The molecule has 28 heavy (non-hydrogen) atoms. The maximum Gasteiger partial charge on any atom is 0.243 e. The Morgan fingerprint density at radius 3 is 2.57 bits per heavy atom. The number of rotatable bonds is 6. The first-order valence-electron chi connectivity index (χ1n) is 9.47. The lowest BCUT2D eigenvalue weighted by atomic mass is 10.1. The Morgan fingerprint density at radius 1 is 1.18 bits per heavy atom. The number of benzene rings is 2. The fourth-order valence-electron chi connectivity index (χ4n) is 3.50. The van der Waals surface area contributed by atoms with Crippen LogP contribution in [0.1, 0.15) is 37.4 Å². The van der Waals surface area contributed by atoms with E-state index in [-0.39, 0.29) is 30.8 Å². The van der Waals surface area contributed by atoms with Gasteiger partial charge in [0.25, 0.3) is 0 Å². The summed E-state index contributed by atoms with van der Waals surface area (Å²) in [4.78, 5) is 25.9. The van der Waals surface area contributed by atoms with E-state index in [1.165, 1.54) is 11.8 Å². The number of nitrogens with one attached hydrogen (secondary N) is 1. The smallest absolute Gasteiger partial charge is 0.243 e. The van der Waals surface area contributed by atoms with E-state index in [4.69, 9.17) is 4.74 Å². The second-order valence-electron chi connectivity index (χ2n) is 7.12. The van der Waals surface area contributed by atoms with E-state index >= 15 is 0 Å². The minimum Gasteiger partial charge on any atom is -0.489 e. The number of ether oxygens (including phenoxy) is 1. The second kappa shape index (κ2) is 8.89. The maximum absolute atomic E-state index is 12.7. The van der Waals surface area contributed by atoms with Crippen molar-refractivity contribution in [2.75, 3.05) is 6.54 Å². The molecule has 0 spiro atoms. The van der Waals surface area contributed by atoms with Crippen LogP contribution in [0, 0.1) is 0 Å². The molecule has 0 unspecified atom stereocenters. The zero-order valence-corrected chi connectivity index (χ0v) is 16.2. The molecule has 1 heterocycles. The zero-order valence-electron chi connectivity index (χ0n) is 16.2. The van der Waals surface area contributed by atoms with Crippen molar-refractivity contribution >= 4 is 11.8 Å². The number of para-hydroxylation sites is 1. The van der Waals surface area contributed by atoms with Gasteiger partial charge in [-0.1, -0.05) is 48.5 Å². The number of hydrogen-bond acceptors (Lipinski definition) is 4. The Balaban J connectivity index is 1.68. The quantitative estimate of drug-likeness (QED) is 0.804. The minimum atomic E-state index is -0.670. The van der Waals surface area contributed by atoms with Gasteiger partial charge in [0.1, 0.15) is 18.4 Å². The Hall–Kier alpha value is -2.86. The number of amides is 2. The molecule has 0 aromatic heterocycles. The number of nitrogens with zero attached hydrogens (tertiary/aromatic N) is 1. The van der Waals surface area contributed by atoms with Crippen molar-refractivity contribution in [2.24, 2.45) is 0 Å². The second-order valence-corrected chi connectivity index (χ2v) is 7.12. The first-order chi connectivity index (χ1) is 13.5. The predicted octanol–water partition coefficient (Wildman–Crippen LogP) is 2.42. The van der Waals surface area contributed by atoms with Crippen LogP contribution in [0.15, 0.2) is 54.6 Å². The van der Waals surface area contributed by atoms with Crippen LogP contribution in [0.5, 0.6) is 5.75 Å². The molecule has 3 atom stereocenters. The first-order valence-corrected chi connectivity index (χ1v) is 9.47. The van der Waals surface area contributed by atoms with Gasteiger partial charge in [0.05, 0.1) is 12.1 Å².